The van der Waals surface area contributed by atoms with Crippen LogP contribution in [0.3, 0.4) is 0 Å². The van der Waals surface area contributed by atoms with Crippen LogP contribution in [-0.4, -0.2) is 88.7 Å². The third-order valence-corrected chi connectivity index (χ3v) is 10.6. The van der Waals surface area contributed by atoms with E-state index in [2.05, 4.69) is 23.6 Å². The van der Waals surface area contributed by atoms with Crippen LogP contribution in [0.1, 0.15) is 183 Å². The van der Waals surface area contributed by atoms with Crippen molar-refractivity contribution in [2.75, 3.05) is 60.3 Å². The summed E-state index contributed by atoms with van der Waals surface area (Å²) >= 11 is 1.71. The largest absolute Gasteiger partial charge is 0.462 e. The molecule has 9 heteroatoms. The van der Waals surface area contributed by atoms with E-state index in [0.29, 0.717) is 38.4 Å². The molecule has 0 saturated carbocycles. The van der Waals surface area contributed by atoms with E-state index in [1.54, 1.807) is 11.3 Å². The number of unbranched alkanes of at least 4 members (excludes halogenated alkanes) is 14. The number of fused-ring (bicyclic) bond motifs is 1. The summed E-state index contributed by atoms with van der Waals surface area (Å²) in [4.78, 5) is 40.6. The van der Waals surface area contributed by atoms with Crippen LogP contribution in [0.4, 0.5) is 0 Å². The van der Waals surface area contributed by atoms with E-state index < -0.39 is 0 Å². The van der Waals surface area contributed by atoms with Gasteiger partial charge in [0.05, 0.1) is 18.9 Å². The van der Waals surface area contributed by atoms with Crippen LogP contribution < -0.4 is 0 Å². The topological polar surface area (TPSA) is 85.4 Å². The van der Waals surface area contributed by atoms with Crippen molar-refractivity contribution in [2.24, 2.45) is 0 Å². The number of ketones is 1. The van der Waals surface area contributed by atoms with Gasteiger partial charge in [0.1, 0.15) is 12.6 Å². The highest BCUT2D eigenvalue weighted by atomic mass is 32.1. The predicted octanol–water partition coefficient (Wildman–Crippen LogP) is 10.9. The molecule has 0 bridgehead atoms. The van der Waals surface area contributed by atoms with Crippen LogP contribution in [0.25, 0.3) is 0 Å². The zero-order valence-electron chi connectivity index (χ0n) is 32.7. The van der Waals surface area contributed by atoms with Crippen molar-refractivity contribution >= 4 is 29.9 Å². The van der Waals surface area contributed by atoms with Gasteiger partial charge in [-0.1, -0.05) is 112 Å². The Morgan fingerprint density at radius 2 is 1.25 bits per heavy atom. The van der Waals surface area contributed by atoms with E-state index >= 15 is 0 Å². The Labute approximate surface area is 325 Å². The summed E-state index contributed by atoms with van der Waals surface area (Å²) in [5.74, 6) is 0.0923. The normalized spacial score (nSPS) is 12.4. The zero-order chi connectivity index (χ0) is 36.7. The second kappa shape index (κ2) is 36.3. The van der Waals surface area contributed by atoms with E-state index in [0.717, 1.165) is 94.0 Å². The Morgan fingerprint density at radius 1 is 0.712 bits per heavy atom. The summed E-state index contributed by atoms with van der Waals surface area (Å²) in [6.07, 6.45) is 24.6. The maximum absolute atomic E-state index is 13.3. The van der Waals surface area contributed by atoms with Crippen molar-refractivity contribution in [3.8, 4) is 0 Å². The highest BCUT2D eigenvalue weighted by molar-refractivity contribution is 7.12. The number of ether oxygens (including phenoxy) is 3. The SMILES string of the molecule is C.C.C=O.CCCCCCCCCCCOCCCCCCOCN1CCc2c(sc(CCC(=O)CCCCCC)c2C(=O)OCCCN(C)C)C1. The van der Waals surface area contributed by atoms with Crippen LogP contribution >= 0.6 is 11.3 Å². The molecule has 1 aliphatic heterocycles. The number of carbonyl (C=O) groups is 3. The van der Waals surface area contributed by atoms with Gasteiger partial charge >= 0.3 is 5.97 Å². The Balaban J connectivity index is 0. The van der Waals surface area contributed by atoms with Gasteiger partial charge in [-0.25, -0.2) is 4.79 Å². The molecule has 1 aromatic rings. The molecular weight excluding hydrogens is 673 g/mol. The minimum Gasteiger partial charge on any atom is -0.462 e. The summed E-state index contributed by atoms with van der Waals surface area (Å²) in [5.41, 5.74) is 1.88. The summed E-state index contributed by atoms with van der Waals surface area (Å²) in [6.45, 7) is 12.6. The van der Waals surface area contributed by atoms with Crippen LogP contribution in [0.2, 0.25) is 0 Å². The number of aryl methyl sites for hydroxylation is 1. The lowest BCUT2D eigenvalue weighted by Gasteiger charge is -2.26. The summed E-state index contributed by atoms with van der Waals surface area (Å²) < 4.78 is 17.7. The molecule has 0 radical (unpaired) electrons. The summed E-state index contributed by atoms with van der Waals surface area (Å²) in [6, 6.07) is 0. The fraction of sp³-hybridized carbons (Fsp3) is 0.837. The molecule has 0 aromatic carbocycles. The highest BCUT2D eigenvalue weighted by Crippen LogP contribution is 2.35. The van der Waals surface area contributed by atoms with E-state index in [9.17, 15) is 9.59 Å². The molecule has 0 spiro atoms. The lowest BCUT2D eigenvalue weighted by molar-refractivity contribution is -0.119. The first kappa shape index (κ1) is 52.5. The highest BCUT2D eigenvalue weighted by Gasteiger charge is 2.29. The van der Waals surface area contributed by atoms with Gasteiger partial charge in [0.15, 0.2) is 0 Å². The maximum Gasteiger partial charge on any atom is 0.339 e. The van der Waals surface area contributed by atoms with Crippen LogP contribution in [-0.2, 0) is 43.2 Å². The molecule has 8 nitrogen and oxygen atoms in total. The molecule has 52 heavy (non-hydrogen) atoms. The van der Waals surface area contributed by atoms with Crippen molar-refractivity contribution in [2.45, 2.75) is 177 Å². The molecule has 0 fully saturated rings. The standard InChI is InChI=1S/C40H72N2O5S.CH2O.2CH4/c1-5-7-9-11-12-13-14-15-19-29-45-30-20-16-17-21-31-46-34-42-28-26-36-38(33-42)48-37(25-24-35(43)23-18-10-8-6-2)39(36)40(44)47-32-22-27-41(3)4;1-2;;/h5-34H2,1-4H3;1H2;2*1H4. The van der Waals surface area contributed by atoms with Crippen molar-refractivity contribution in [1.29, 1.82) is 0 Å². The number of thiophene rings is 1. The first-order valence-corrected chi connectivity index (χ1v) is 20.9. The number of hydrogen-bond donors (Lipinski definition) is 0. The molecule has 0 amide bonds. The third kappa shape index (κ3) is 25.4. The monoisotopic (exact) mass is 755 g/mol. The molecule has 2 rings (SSSR count). The Morgan fingerprint density at radius 3 is 1.83 bits per heavy atom. The van der Waals surface area contributed by atoms with Gasteiger partial charge in [0.2, 0.25) is 0 Å². The molecule has 1 aromatic heterocycles. The van der Waals surface area contributed by atoms with Gasteiger partial charge in [-0.2, -0.15) is 0 Å². The maximum atomic E-state index is 13.3. The number of carbonyl (C=O) groups excluding carboxylic acids is 3. The van der Waals surface area contributed by atoms with Gasteiger partial charge in [-0.3, -0.25) is 9.69 Å². The second-order valence-corrected chi connectivity index (χ2v) is 15.3. The smallest absolute Gasteiger partial charge is 0.339 e. The quantitative estimate of drug-likeness (QED) is 0.0531. The lowest BCUT2D eigenvalue weighted by Crippen LogP contribution is -2.32. The molecule has 2 heterocycles. The summed E-state index contributed by atoms with van der Waals surface area (Å²) in [7, 11) is 4.06. The molecule has 1 aliphatic rings. The molecular formula is C43H82N2O6S. The molecule has 0 unspecified atom stereocenters. The minimum absolute atomic E-state index is 0. The number of Topliss-reactive ketones (excluding diaryl/α,β-unsaturated/α-hetero) is 1. The Bertz CT molecular complexity index is 985. The van der Waals surface area contributed by atoms with Crippen molar-refractivity contribution in [1.82, 2.24) is 9.80 Å². The van der Waals surface area contributed by atoms with Crippen molar-refractivity contribution in [3.63, 3.8) is 0 Å². The average molecular weight is 755 g/mol. The lowest BCUT2D eigenvalue weighted by atomic mass is 9.99. The molecule has 0 saturated heterocycles. The minimum atomic E-state index is -0.213. The van der Waals surface area contributed by atoms with E-state index in [4.69, 9.17) is 19.0 Å². The fourth-order valence-corrected chi connectivity index (χ4v) is 7.74. The van der Waals surface area contributed by atoms with Crippen LogP contribution in [0, 0.1) is 0 Å². The van der Waals surface area contributed by atoms with Crippen molar-refractivity contribution < 1.29 is 28.6 Å². The molecule has 0 aliphatic carbocycles. The molecule has 0 atom stereocenters. The summed E-state index contributed by atoms with van der Waals surface area (Å²) in [5, 5.41) is 0. The van der Waals surface area contributed by atoms with E-state index in [1.807, 2.05) is 20.9 Å². The fourth-order valence-electron chi connectivity index (χ4n) is 6.35. The Kier molecular flexibility index (Phi) is 36.6. The first-order chi connectivity index (χ1) is 24.5. The molecule has 0 N–H and O–H groups in total. The van der Waals surface area contributed by atoms with Gasteiger partial charge in [-0.05, 0) is 64.6 Å². The number of esters is 1. The molecule has 306 valence electrons. The van der Waals surface area contributed by atoms with Crippen molar-refractivity contribution in [3.05, 3.63) is 20.9 Å². The number of rotatable bonds is 32. The Hall–Kier alpha value is -1.65. The first-order valence-electron chi connectivity index (χ1n) is 20.1. The average Bonchev–Trinajstić information content (AvgIpc) is 3.49. The van der Waals surface area contributed by atoms with Gasteiger partial charge < -0.3 is 23.9 Å². The number of hydrogen-bond acceptors (Lipinski definition) is 9. The van der Waals surface area contributed by atoms with E-state index in [-0.39, 0.29) is 20.8 Å². The van der Waals surface area contributed by atoms with Crippen LogP contribution in [0.5, 0.6) is 0 Å². The number of nitrogens with zero attached hydrogens (tertiary/aromatic N) is 2. The second-order valence-electron chi connectivity index (χ2n) is 14.1. The zero-order valence-corrected chi connectivity index (χ0v) is 33.5. The third-order valence-electron chi connectivity index (χ3n) is 9.33. The predicted molar refractivity (Wildman–Crippen MR) is 222 cm³/mol. The van der Waals surface area contributed by atoms with Gasteiger partial charge in [0.25, 0.3) is 0 Å². The van der Waals surface area contributed by atoms with Gasteiger partial charge in [0, 0.05) is 62.1 Å². The van der Waals surface area contributed by atoms with Gasteiger partial charge in [-0.15, -0.1) is 11.3 Å². The van der Waals surface area contributed by atoms with Crippen LogP contribution in [0.15, 0.2) is 0 Å². The van der Waals surface area contributed by atoms with E-state index in [1.165, 1.54) is 88.3 Å².